The van der Waals surface area contributed by atoms with E-state index in [-0.39, 0.29) is 16.1 Å². The molecular formula is C19H29N3O4S2. The second-order valence-electron chi connectivity index (χ2n) is 7.35. The summed E-state index contributed by atoms with van der Waals surface area (Å²) in [5.74, 6) is 0.101. The van der Waals surface area contributed by atoms with Gasteiger partial charge >= 0.3 is 0 Å². The van der Waals surface area contributed by atoms with Crippen LogP contribution in [0.2, 0.25) is 0 Å². The van der Waals surface area contributed by atoms with Gasteiger partial charge in [-0.1, -0.05) is 31.0 Å². The smallest absolute Gasteiger partial charge is 0.244 e. The topological polar surface area (TPSA) is 79.8 Å². The lowest BCUT2D eigenvalue weighted by atomic mass is 9.94. The molecule has 0 aromatic carbocycles. The van der Waals surface area contributed by atoms with Crippen LogP contribution in [-0.4, -0.2) is 73.2 Å². The van der Waals surface area contributed by atoms with Crippen LogP contribution in [0.1, 0.15) is 39.0 Å². The summed E-state index contributed by atoms with van der Waals surface area (Å²) in [5, 5.41) is 0.389. The first-order valence-corrected chi connectivity index (χ1v) is 12.2. The van der Waals surface area contributed by atoms with Gasteiger partial charge in [-0.05, 0) is 31.9 Å². The Labute approximate surface area is 171 Å². The van der Waals surface area contributed by atoms with Crippen molar-refractivity contribution < 1.29 is 17.9 Å². The third-order valence-electron chi connectivity index (χ3n) is 5.43. The van der Waals surface area contributed by atoms with Crippen LogP contribution in [0.3, 0.4) is 0 Å². The molecule has 2 aliphatic rings. The van der Waals surface area contributed by atoms with Crippen LogP contribution >= 0.6 is 11.8 Å². The van der Waals surface area contributed by atoms with Crippen LogP contribution in [-0.2, 0) is 19.6 Å². The third kappa shape index (κ3) is 5.06. The van der Waals surface area contributed by atoms with Gasteiger partial charge in [0.1, 0.15) is 4.90 Å². The molecular weight excluding hydrogens is 398 g/mol. The lowest BCUT2D eigenvalue weighted by molar-refractivity contribution is -0.131. The number of pyridine rings is 1. The predicted octanol–water partition coefficient (Wildman–Crippen LogP) is 2.37. The highest BCUT2D eigenvalue weighted by Gasteiger charge is 2.28. The third-order valence-corrected chi connectivity index (χ3v) is 8.35. The van der Waals surface area contributed by atoms with Gasteiger partial charge in [0.25, 0.3) is 0 Å². The number of nitrogens with zero attached hydrogens (tertiary/aromatic N) is 3. The van der Waals surface area contributed by atoms with E-state index in [2.05, 4.69) is 4.98 Å². The summed E-state index contributed by atoms with van der Waals surface area (Å²) in [7, 11) is -1.66. The molecule has 2 fully saturated rings. The molecule has 156 valence electrons. The van der Waals surface area contributed by atoms with Crippen molar-refractivity contribution in [2.75, 3.05) is 33.4 Å². The first-order chi connectivity index (χ1) is 13.4. The summed E-state index contributed by atoms with van der Waals surface area (Å²) in [6, 6.07) is 3.59. The minimum Gasteiger partial charge on any atom is -0.379 e. The Balaban J connectivity index is 1.60. The minimum absolute atomic E-state index is 0.101. The summed E-state index contributed by atoms with van der Waals surface area (Å²) in [5.41, 5.74) is 0. The Bertz CT molecular complexity index is 758. The molecule has 0 radical (unpaired) electrons. The average Bonchev–Trinajstić information content (AvgIpc) is 2.74. The molecule has 0 bridgehead atoms. The predicted molar refractivity (Wildman–Crippen MR) is 109 cm³/mol. The molecule has 1 saturated carbocycles. The molecule has 2 heterocycles. The van der Waals surface area contributed by atoms with Crippen molar-refractivity contribution in [2.24, 2.45) is 0 Å². The van der Waals surface area contributed by atoms with Crippen LogP contribution in [0.4, 0.5) is 0 Å². The molecule has 0 spiro atoms. The van der Waals surface area contributed by atoms with Crippen molar-refractivity contribution in [1.82, 2.24) is 14.2 Å². The van der Waals surface area contributed by atoms with Crippen LogP contribution in [0, 0.1) is 0 Å². The van der Waals surface area contributed by atoms with Crippen LogP contribution in [0.25, 0.3) is 0 Å². The van der Waals surface area contributed by atoms with E-state index in [0.29, 0.717) is 37.4 Å². The first-order valence-electron chi connectivity index (χ1n) is 9.87. The lowest BCUT2D eigenvalue weighted by Crippen LogP contribution is -2.42. The summed E-state index contributed by atoms with van der Waals surface area (Å²) < 4.78 is 32.0. The van der Waals surface area contributed by atoms with E-state index in [1.807, 2.05) is 18.9 Å². The van der Waals surface area contributed by atoms with E-state index >= 15 is 0 Å². The maximum absolute atomic E-state index is 12.7. The van der Waals surface area contributed by atoms with Crippen molar-refractivity contribution in [2.45, 2.75) is 60.2 Å². The molecule has 3 rings (SSSR count). The van der Waals surface area contributed by atoms with E-state index < -0.39 is 10.0 Å². The van der Waals surface area contributed by atoms with Crippen molar-refractivity contribution >= 4 is 27.7 Å². The Morgan fingerprint density at radius 2 is 1.93 bits per heavy atom. The van der Waals surface area contributed by atoms with Gasteiger partial charge in [0, 0.05) is 32.4 Å². The van der Waals surface area contributed by atoms with Gasteiger partial charge in [-0.2, -0.15) is 4.31 Å². The number of sulfonamides is 1. The van der Waals surface area contributed by atoms with Gasteiger partial charge in [-0.25, -0.2) is 13.4 Å². The molecule has 28 heavy (non-hydrogen) atoms. The number of thioether (sulfide) groups is 1. The number of hydrogen-bond donors (Lipinski definition) is 0. The fraction of sp³-hybridized carbons (Fsp3) is 0.684. The molecule has 1 aliphatic carbocycles. The van der Waals surface area contributed by atoms with Crippen LogP contribution < -0.4 is 0 Å². The molecule has 1 amide bonds. The maximum atomic E-state index is 12.7. The molecule has 1 aliphatic heterocycles. The minimum atomic E-state index is -3.55. The van der Waals surface area contributed by atoms with Crippen LogP contribution in [0.5, 0.6) is 0 Å². The van der Waals surface area contributed by atoms with Crippen LogP contribution in [0.15, 0.2) is 28.3 Å². The Morgan fingerprint density at radius 3 is 2.54 bits per heavy atom. The normalized spacial score (nSPS) is 20.6. The van der Waals surface area contributed by atoms with Gasteiger partial charge in [0.2, 0.25) is 15.9 Å². The quantitative estimate of drug-likeness (QED) is 0.649. The summed E-state index contributed by atoms with van der Waals surface area (Å²) >= 11 is 1.37. The first kappa shape index (κ1) is 21.5. The zero-order chi connectivity index (χ0) is 20.1. The monoisotopic (exact) mass is 427 g/mol. The molecule has 0 N–H and O–H groups in total. The number of amides is 1. The van der Waals surface area contributed by atoms with E-state index in [4.69, 9.17) is 4.74 Å². The van der Waals surface area contributed by atoms with Crippen molar-refractivity contribution in [3.63, 3.8) is 0 Å². The standard InChI is InChI=1S/C19H29N3O4S2/c1-15(19(23)21(2)16-6-4-3-5-7-16)27-18-9-8-17(14-20-18)28(24,25)22-10-12-26-13-11-22/h8-9,14-16H,3-7,10-13H2,1-2H3/t15-/m1/s1. The van der Waals surface area contributed by atoms with Gasteiger partial charge < -0.3 is 9.64 Å². The molecule has 1 saturated heterocycles. The zero-order valence-electron chi connectivity index (χ0n) is 16.5. The van der Waals surface area contributed by atoms with Gasteiger partial charge in [0.05, 0.1) is 23.5 Å². The SMILES string of the molecule is C[C@@H](Sc1ccc(S(=O)(=O)N2CCOCC2)cn1)C(=O)N(C)C1CCCCC1. The Kier molecular flexibility index (Phi) is 7.36. The zero-order valence-corrected chi connectivity index (χ0v) is 18.2. The van der Waals surface area contributed by atoms with E-state index in [1.54, 1.807) is 12.1 Å². The second-order valence-corrected chi connectivity index (χ2v) is 10.6. The number of ether oxygens (including phenoxy) is 1. The molecule has 0 unspecified atom stereocenters. The van der Waals surface area contributed by atoms with E-state index in [0.717, 1.165) is 12.8 Å². The fourth-order valence-corrected chi connectivity index (χ4v) is 5.93. The number of carbonyl (C=O) groups excluding carboxylic acids is 1. The van der Waals surface area contributed by atoms with Crippen molar-refractivity contribution in [3.05, 3.63) is 18.3 Å². The molecule has 1 aromatic rings. The van der Waals surface area contributed by atoms with Gasteiger partial charge in [0.15, 0.2) is 0 Å². The van der Waals surface area contributed by atoms with Crippen molar-refractivity contribution in [1.29, 1.82) is 0 Å². The largest absolute Gasteiger partial charge is 0.379 e. The van der Waals surface area contributed by atoms with Gasteiger partial charge in [-0.15, -0.1) is 0 Å². The van der Waals surface area contributed by atoms with Gasteiger partial charge in [-0.3, -0.25) is 4.79 Å². The highest BCUT2D eigenvalue weighted by molar-refractivity contribution is 8.00. The summed E-state index contributed by atoms with van der Waals surface area (Å²) in [4.78, 5) is 19.1. The molecule has 1 aromatic heterocycles. The Morgan fingerprint density at radius 1 is 1.25 bits per heavy atom. The maximum Gasteiger partial charge on any atom is 0.244 e. The fourth-order valence-electron chi connectivity index (χ4n) is 3.69. The molecule has 7 nitrogen and oxygen atoms in total. The highest BCUT2D eigenvalue weighted by atomic mass is 32.2. The lowest BCUT2D eigenvalue weighted by Gasteiger charge is -2.32. The summed E-state index contributed by atoms with van der Waals surface area (Å²) in [6.07, 6.45) is 7.16. The number of hydrogen-bond acceptors (Lipinski definition) is 6. The van der Waals surface area contributed by atoms with Crippen molar-refractivity contribution in [3.8, 4) is 0 Å². The average molecular weight is 428 g/mol. The second kappa shape index (κ2) is 9.56. The molecule has 9 heteroatoms. The van der Waals surface area contributed by atoms with E-state index in [1.165, 1.54) is 41.5 Å². The Hall–Kier alpha value is -1.16. The molecule has 1 atom stereocenters. The number of carbonyl (C=O) groups is 1. The number of rotatable bonds is 6. The van der Waals surface area contributed by atoms with E-state index in [9.17, 15) is 13.2 Å². The number of aromatic nitrogens is 1. The highest BCUT2D eigenvalue weighted by Crippen LogP contribution is 2.27. The summed E-state index contributed by atoms with van der Waals surface area (Å²) in [6.45, 7) is 3.42. The number of morpholine rings is 1.